The van der Waals surface area contributed by atoms with Gasteiger partial charge in [-0.25, -0.2) is 0 Å². The summed E-state index contributed by atoms with van der Waals surface area (Å²) in [6, 6.07) is 3.91. The molecule has 1 N–H and O–H groups in total. The molecule has 0 fully saturated rings. The minimum absolute atomic E-state index is 0.458. The van der Waals surface area contributed by atoms with Crippen molar-refractivity contribution in [2.45, 2.75) is 10.9 Å². The predicted octanol–water partition coefficient (Wildman–Crippen LogP) is 6.85. The van der Waals surface area contributed by atoms with E-state index in [9.17, 15) is 5.11 Å². The van der Waals surface area contributed by atoms with Crippen molar-refractivity contribution in [2.75, 3.05) is 0 Å². The second-order valence-electron chi connectivity index (χ2n) is 3.99. The third-order valence-corrected chi connectivity index (χ3v) is 7.79. The molecule has 1 aromatic rings. The molecule has 1 unspecified atom stereocenters. The van der Waals surface area contributed by atoms with Gasteiger partial charge in [-0.05, 0) is 87.5 Å². The number of rotatable bonds is 1. The zero-order valence-corrected chi connectivity index (χ0v) is 18.7. The van der Waals surface area contributed by atoms with E-state index in [0.29, 0.717) is 6.42 Å². The number of hydrogen-bond donors (Lipinski definition) is 1. The molecule has 19 heavy (non-hydrogen) atoms. The molecule has 7 heteroatoms. The van der Waals surface area contributed by atoms with E-state index in [4.69, 9.17) is 0 Å². The van der Waals surface area contributed by atoms with Crippen LogP contribution in [0.15, 0.2) is 40.6 Å². The number of alkyl halides is 1. The van der Waals surface area contributed by atoms with Crippen LogP contribution in [0.4, 0.5) is 0 Å². The van der Waals surface area contributed by atoms with Crippen molar-refractivity contribution in [3.05, 3.63) is 46.2 Å². The van der Waals surface area contributed by atoms with Crippen LogP contribution < -0.4 is 0 Å². The molecule has 0 saturated carbocycles. The Morgan fingerprint density at radius 2 is 1.53 bits per heavy atom. The smallest absolute Gasteiger partial charge is 0.150 e. The van der Waals surface area contributed by atoms with Crippen molar-refractivity contribution in [3.63, 3.8) is 0 Å². The predicted molar refractivity (Wildman–Crippen MR) is 101 cm³/mol. The lowest BCUT2D eigenvalue weighted by Crippen LogP contribution is -2.24. The molecule has 0 aliphatic heterocycles. The number of allylic oxidation sites excluding steroid dienone is 2. The van der Waals surface area contributed by atoms with E-state index in [0.717, 1.165) is 33.5 Å². The Labute approximate surface area is 161 Å². The van der Waals surface area contributed by atoms with Gasteiger partial charge in [0.2, 0.25) is 0 Å². The third kappa shape index (κ3) is 3.66. The summed E-state index contributed by atoms with van der Waals surface area (Å²) in [6.45, 7) is 0. The van der Waals surface area contributed by atoms with Gasteiger partial charge in [0.15, 0.2) is 0 Å². The second-order valence-corrected chi connectivity index (χ2v) is 9.68. The van der Waals surface area contributed by atoms with Crippen LogP contribution in [0.2, 0.25) is 0 Å². The molecule has 0 spiro atoms. The van der Waals surface area contributed by atoms with E-state index < -0.39 is 4.51 Å². The molecular formula is C12H6Br6O. The van der Waals surface area contributed by atoms with Crippen LogP contribution in [0.3, 0.4) is 0 Å². The van der Waals surface area contributed by atoms with Gasteiger partial charge in [-0.15, -0.1) is 0 Å². The van der Waals surface area contributed by atoms with Gasteiger partial charge in [0.1, 0.15) is 4.51 Å². The summed E-state index contributed by atoms with van der Waals surface area (Å²) in [5.41, 5.74) is 1.72. The Bertz CT molecular complexity index is 602. The summed E-state index contributed by atoms with van der Waals surface area (Å²) in [4.78, 5) is 0. The van der Waals surface area contributed by atoms with Crippen LogP contribution >= 0.6 is 95.6 Å². The Balaban J connectivity index is 2.63. The van der Waals surface area contributed by atoms with E-state index in [1.54, 1.807) is 0 Å². The standard InChI is InChI=1S/C12H6Br6O/c13-7-3-10(16)8(14)1-5(7)6-2-9(15)11(17)4-12(6,18)19/h1-3,19H,4H2. The van der Waals surface area contributed by atoms with E-state index >= 15 is 0 Å². The van der Waals surface area contributed by atoms with Gasteiger partial charge in [0.05, 0.1) is 0 Å². The van der Waals surface area contributed by atoms with Gasteiger partial charge in [-0.2, -0.15) is 0 Å². The van der Waals surface area contributed by atoms with Crippen molar-refractivity contribution in [2.24, 2.45) is 0 Å². The van der Waals surface area contributed by atoms with Gasteiger partial charge < -0.3 is 5.11 Å². The Hall–Kier alpha value is 1.54. The number of hydrogen-bond acceptors (Lipinski definition) is 1. The minimum Gasteiger partial charge on any atom is -0.374 e. The monoisotopic (exact) mass is 640 g/mol. The normalized spacial score (nSPS) is 23.6. The molecule has 0 bridgehead atoms. The number of halogens is 6. The van der Waals surface area contributed by atoms with Gasteiger partial charge in [0.25, 0.3) is 0 Å². The van der Waals surface area contributed by atoms with E-state index in [-0.39, 0.29) is 0 Å². The maximum absolute atomic E-state index is 10.6. The highest BCUT2D eigenvalue weighted by Gasteiger charge is 2.35. The maximum atomic E-state index is 10.6. The molecule has 1 aliphatic rings. The molecule has 1 atom stereocenters. The lowest BCUT2D eigenvalue weighted by atomic mass is 9.94. The van der Waals surface area contributed by atoms with Crippen molar-refractivity contribution in [3.8, 4) is 0 Å². The molecule has 0 aromatic heterocycles. The molecule has 0 heterocycles. The van der Waals surface area contributed by atoms with Gasteiger partial charge in [-0.3, -0.25) is 0 Å². The third-order valence-electron chi connectivity index (χ3n) is 2.63. The molecule has 2 rings (SSSR count). The van der Waals surface area contributed by atoms with Gasteiger partial charge in [0, 0.05) is 34.4 Å². The average Bonchev–Trinajstić information content (AvgIpc) is 2.28. The number of aliphatic hydroxyl groups is 1. The van der Waals surface area contributed by atoms with Crippen LogP contribution in [-0.4, -0.2) is 9.62 Å². The first-order valence-electron chi connectivity index (χ1n) is 5.05. The fourth-order valence-electron chi connectivity index (χ4n) is 1.71. The molecular weight excluding hydrogens is 640 g/mol. The highest BCUT2D eigenvalue weighted by atomic mass is 79.9. The van der Waals surface area contributed by atoms with Crippen molar-refractivity contribution in [1.29, 1.82) is 0 Å². The SMILES string of the molecule is OC1(Br)CC(Br)=C(Br)C=C1c1cc(Br)c(Br)cc1Br. The summed E-state index contributed by atoms with van der Waals surface area (Å²) in [7, 11) is 0. The Morgan fingerprint density at radius 1 is 0.947 bits per heavy atom. The van der Waals surface area contributed by atoms with Crippen molar-refractivity contribution in [1.82, 2.24) is 0 Å². The number of benzene rings is 1. The fraction of sp³-hybridized carbons (Fsp3) is 0.167. The maximum Gasteiger partial charge on any atom is 0.150 e. The molecule has 1 aromatic carbocycles. The fourth-order valence-corrected chi connectivity index (χ4v) is 5.14. The topological polar surface area (TPSA) is 20.2 Å². The highest BCUT2D eigenvalue weighted by Crippen LogP contribution is 2.48. The first-order valence-corrected chi connectivity index (χ1v) is 9.80. The summed E-state index contributed by atoms with van der Waals surface area (Å²) < 4.78 is 3.54. The van der Waals surface area contributed by atoms with Crippen molar-refractivity contribution < 1.29 is 5.11 Å². The van der Waals surface area contributed by atoms with Crippen LogP contribution in [0.1, 0.15) is 12.0 Å². The molecule has 0 amide bonds. The molecule has 0 radical (unpaired) electrons. The Morgan fingerprint density at radius 3 is 2.16 bits per heavy atom. The van der Waals surface area contributed by atoms with Crippen LogP contribution in [0, 0.1) is 0 Å². The lowest BCUT2D eigenvalue weighted by Gasteiger charge is -2.29. The van der Waals surface area contributed by atoms with E-state index in [2.05, 4.69) is 95.6 Å². The first kappa shape index (κ1) is 16.9. The molecule has 1 aliphatic carbocycles. The molecule has 102 valence electrons. The van der Waals surface area contributed by atoms with E-state index in [1.165, 1.54) is 0 Å². The minimum atomic E-state index is -1.10. The van der Waals surface area contributed by atoms with Gasteiger partial charge in [-0.1, -0.05) is 31.9 Å². The van der Waals surface area contributed by atoms with Crippen LogP contribution in [0.25, 0.3) is 5.57 Å². The summed E-state index contributed by atoms with van der Waals surface area (Å²) in [5, 5.41) is 10.6. The summed E-state index contributed by atoms with van der Waals surface area (Å²) in [6.07, 6.45) is 2.36. The summed E-state index contributed by atoms with van der Waals surface area (Å²) >= 11 is 20.8. The van der Waals surface area contributed by atoms with Crippen molar-refractivity contribution >= 4 is 101 Å². The lowest BCUT2D eigenvalue weighted by molar-refractivity contribution is 0.206. The highest BCUT2D eigenvalue weighted by molar-refractivity contribution is 9.14. The largest absolute Gasteiger partial charge is 0.374 e. The summed E-state index contributed by atoms with van der Waals surface area (Å²) in [5.74, 6) is 0. The second kappa shape index (κ2) is 6.34. The van der Waals surface area contributed by atoms with E-state index in [1.807, 2.05) is 18.2 Å². The quantitative estimate of drug-likeness (QED) is 0.262. The zero-order valence-electron chi connectivity index (χ0n) is 9.15. The van der Waals surface area contributed by atoms with Crippen LogP contribution in [-0.2, 0) is 0 Å². The Kier molecular flexibility index (Phi) is 5.64. The van der Waals surface area contributed by atoms with Gasteiger partial charge >= 0.3 is 0 Å². The molecule has 1 nitrogen and oxygen atoms in total. The first-order chi connectivity index (χ1) is 8.72. The average molecular weight is 646 g/mol. The molecule has 0 saturated heterocycles. The van der Waals surface area contributed by atoms with Crippen LogP contribution in [0.5, 0.6) is 0 Å². The zero-order chi connectivity index (χ0) is 14.4.